The molecule has 2 unspecified atom stereocenters. The summed E-state index contributed by atoms with van der Waals surface area (Å²) in [5.41, 5.74) is 1.08. The Bertz CT molecular complexity index is 403. The Kier molecular flexibility index (Phi) is 4.02. The van der Waals surface area contributed by atoms with Crippen molar-refractivity contribution in [3.05, 3.63) is 34.1 Å². The van der Waals surface area contributed by atoms with E-state index in [4.69, 9.17) is 16.3 Å². The van der Waals surface area contributed by atoms with Crippen LogP contribution in [-0.4, -0.2) is 17.8 Å². The van der Waals surface area contributed by atoms with Crippen LogP contribution < -0.4 is 0 Å². The van der Waals surface area contributed by atoms with E-state index in [0.717, 1.165) is 19.4 Å². The molecule has 4 heteroatoms. The highest BCUT2D eigenvalue weighted by molar-refractivity contribution is 6.31. The summed E-state index contributed by atoms with van der Waals surface area (Å²) < 4.78 is 18.7. The van der Waals surface area contributed by atoms with Gasteiger partial charge in [0.15, 0.2) is 0 Å². The molecule has 17 heavy (non-hydrogen) atoms. The van der Waals surface area contributed by atoms with E-state index in [1.807, 2.05) is 0 Å². The van der Waals surface area contributed by atoms with Crippen LogP contribution in [0.25, 0.3) is 0 Å². The first kappa shape index (κ1) is 12.8. The second-order valence-corrected chi connectivity index (χ2v) is 4.92. The highest BCUT2D eigenvalue weighted by atomic mass is 35.5. The van der Waals surface area contributed by atoms with E-state index < -0.39 is 6.10 Å². The lowest BCUT2D eigenvalue weighted by Gasteiger charge is -2.17. The van der Waals surface area contributed by atoms with E-state index in [1.165, 1.54) is 6.07 Å². The van der Waals surface area contributed by atoms with Crippen LogP contribution in [0.15, 0.2) is 12.1 Å². The first-order valence-electron chi connectivity index (χ1n) is 5.83. The molecular weight excluding hydrogens is 243 g/mol. The van der Waals surface area contributed by atoms with Gasteiger partial charge in [0.05, 0.1) is 12.2 Å². The molecule has 0 aliphatic carbocycles. The lowest BCUT2D eigenvalue weighted by atomic mass is 10.00. The third-order valence-electron chi connectivity index (χ3n) is 3.15. The minimum atomic E-state index is -0.690. The minimum Gasteiger partial charge on any atom is -0.388 e. The molecule has 0 aromatic heterocycles. The van der Waals surface area contributed by atoms with Crippen LogP contribution in [0.1, 0.15) is 36.5 Å². The second-order valence-electron chi connectivity index (χ2n) is 4.51. The summed E-state index contributed by atoms with van der Waals surface area (Å²) in [4.78, 5) is 0. The maximum atomic E-state index is 13.2. The predicted octanol–water partition coefficient (Wildman–Crippen LogP) is 3.39. The number of benzene rings is 1. The van der Waals surface area contributed by atoms with E-state index in [2.05, 4.69) is 0 Å². The second kappa shape index (κ2) is 5.34. The van der Waals surface area contributed by atoms with Crippen LogP contribution in [0.2, 0.25) is 5.02 Å². The third kappa shape index (κ3) is 2.97. The normalized spacial score (nSPS) is 21.8. The number of ether oxygens (including phenoxy) is 1. The average molecular weight is 259 g/mol. The molecule has 1 aliphatic rings. The summed E-state index contributed by atoms with van der Waals surface area (Å²) in [5.74, 6) is -0.344. The van der Waals surface area contributed by atoms with Gasteiger partial charge in [0.1, 0.15) is 5.82 Å². The van der Waals surface area contributed by atoms with Crippen LogP contribution in [0, 0.1) is 12.7 Å². The van der Waals surface area contributed by atoms with E-state index in [9.17, 15) is 9.50 Å². The van der Waals surface area contributed by atoms with Gasteiger partial charge in [0.2, 0.25) is 0 Å². The molecule has 1 aromatic rings. The van der Waals surface area contributed by atoms with Gasteiger partial charge in [-0.1, -0.05) is 11.6 Å². The van der Waals surface area contributed by atoms with Crippen LogP contribution in [0.3, 0.4) is 0 Å². The fourth-order valence-electron chi connectivity index (χ4n) is 2.14. The Labute approximate surface area is 105 Å². The number of aliphatic hydroxyl groups is 1. The van der Waals surface area contributed by atoms with E-state index in [0.29, 0.717) is 17.5 Å². The van der Waals surface area contributed by atoms with E-state index in [1.54, 1.807) is 13.0 Å². The molecular formula is C13H16ClFO2. The zero-order chi connectivity index (χ0) is 12.4. The summed E-state index contributed by atoms with van der Waals surface area (Å²) in [6.45, 7) is 2.42. The molecule has 1 aliphatic heterocycles. The predicted molar refractivity (Wildman–Crippen MR) is 64.7 cm³/mol. The van der Waals surface area contributed by atoms with Crippen molar-refractivity contribution in [2.45, 2.75) is 38.4 Å². The molecule has 0 radical (unpaired) electrons. The van der Waals surface area contributed by atoms with Crippen molar-refractivity contribution in [1.29, 1.82) is 0 Å². The monoisotopic (exact) mass is 258 g/mol. The summed E-state index contributed by atoms with van der Waals surface area (Å²) in [7, 11) is 0. The molecule has 2 nitrogen and oxygen atoms in total. The Hall–Kier alpha value is -0.640. The third-order valence-corrected chi connectivity index (χ3v) is 3.47. The summed E-state index contributed by atoms with van der Waals surface area (Å²) in [5, 5.41) is 10.4. The van der Waals surface area contributed by atoms with Gasteiger partial charge < -0.3 is 9.84 Å². The number of hydrogen-bond acceptors (Lipinski definition) is 2. The molecule has 0 spiro atoms. The summed E-state index contributed by atoms with van der Waals surface area (Å²) >= 11 is 5.94. The number of aryl methyl sites for hydroxylation is 1. The van der Waals surface area contributed by atoms with Crippen molar-refractivity contribution >= 4 is 11.6 Å². The van der Waals surface area contributed by atoms with Crippen molar-refractivity contribution < 1.29 is 14.2 Å². The molecule has 2 rings (SSSR count). The zero-order valence-corrected chi connectivity index (χ0v) is 10.5. The fraction of sp³-hybridized carbons (Fsp3) is 0.538. The molecule has 2 atom stereocenters. The zero-order valence-electron chi connectivity index (χ0n) is 9.75. The van der Waals surface area contributed by atoms with Gasteiger partial charge in [-0.25, -0.2) is 4.39 Å². The molecule has 1 N–H and O–H groups in total. The lowest BCUT2D eigenvalue weighted by molar-refractivity contribution is 0.0535. The van der Waals surface area contributed by atoms with Gasteiger partial charge in [-0.05, 0) is 43.0 Å². The van der Waals surface area contributed by atoms with Crippen LogP contribution in [0.4, 0.5) is 4.39 Å². The topological polar surface area (TPSA) is 29.5 Å². The number of rotatable bonds is 3. The Morgan fingerprint density at radius 3 is 3.00 bits per heavy atom. The maximum absolute atomic E-state index is 13.2. The fourth-order valence-corrected chi connectivity index (χ4v) is 2.42. The van der Waals surface area contributed by atoms with Crippen molar-refractivity contribution in [2.24, 2.45) is 0 Å². The van der Waals surface area contributed by atoms with Crippen molar-refractivity contribution in [2.75, 3.05) is 6.61 Å². The smallest absolute Gasteiger partial charge is 0.127 e. The standard InChI is InChI=1S/C13H16ClFO2/c1-8-5-10(11(14)7-12(8)15)13(16)6-9-3-2-4-17-9/h5,7,9,13,16H,2-4,6H2,1H3. The van der Waals surface area contributed by atoms with Gasteiger partial charge in [0.25, 0.3) is 0 Å². The largest absolute Gasteiger partial charge is 0.388 e. The average Bonchev–Trinajstić information content (AvgIpc) is 2.76. The lowest BCUT2D eigenvalue weighted by Crippen LogP contribution is -2.12. The molecule has 0 saturated carbocycles. The molecule has 0 bridgehead atoms. The highest BCUT2D eigenvalue weighted by Gasteiger charge is 2.22. The molecule has 1 heterocycles. The van der Waals surface area contributed by atoms with Gasteiger partial charge >= 0.3 is 0 Å². The number of aliphatic hydroxyl groups excluding tert-OH is 1. The summed E-state index contributed by atoms with van der Waals surface area (Å²) in [6.07, 6.45) is 1.92. The number of halogens is 2. The van der Waals surface area contributed by atoms with Crippen LogP contribution in [-0.2, 0) is 4.74 Å². The van der Waals surface area contributed by atoms with Crippen LogP contribution >= 0.6 is 11.6 Å². The highest BCUT2D eigenvalue weighted by Crippen LogP contribution is 2.31. The van der Waals surface area contributed by atoms with E-state index >= 15 is 0 Å². The van der Waals surface area contributed by atoms with E-state index in [-0.39, 0.29) is 16.9 Å². The SMILES string of the molecule is Cc1cc(C(O)CC2CCCO2)c(Cl)cc1F. The molecule has 94 valence electrons. The van der Waals surface area contributed by atoms with Gasteiger partial charge in [-0.2, -0.15) is 0 Å². The van der Waals surface area contributed by atoms with Crippen molar-refractivity contribution in [3.8, 4) is 0 Å². The molecule has 1 aromatic carbocycles. The summed E-state index contributed by atoms with van der Waals surface area (Å²) in [6, 6.07) is 2.86. The van der Waals surface area contributed by atoms with Gasteiger partial charge in [-0.15, -0.1) is 0 Å². The molecule has 1 fully saturated rings. The Balaban J connectivity index is 2.12. The van der Waals surface area contributed by atoms with Crippen LogP contribution in [0.5, 0.6) is 0 Å². The van der Waals surface area contributed by atoms with Crippen molar-refractivity contribution in [1.82, 2.24) is 0 Å². The Morgan fingerprint density at radius 1 is 1.59 bits per heavy atom. The first-order valence-corrected chi connectivity index (χ1v) is 6.21. The first-order chi connectivity index (χ1) is 8.08. The van der Waals surface area contributed by atoms with Gasteiger partial charge in [-0.3, -0.25) is 0 Å². The Morgan fingerprint density at radius 2 is 2.35 bits per heavy atom. The quantitative estimate of drug-likeness (QED) is 0.901. The number of hydrogen-bond donors (Lipinski definition) is 1. The van der Waals surface area contributed by atoms with Crippen molar-refractivity contribution in [3.63, 3.8) is 0 Å². The maximum Gasteiger partial charge on any atom is 0.127 e. The van der Waals surface area contributed by atoms with Gasteiger partial charge in [0, 0.05) is 18.1 Å². The minimum absolute atomic E-state index is 0.0893. The molecule has 1 saturated heterocycles. The molecule has 0 amide bonds.